The van der Waals surface area contributed by atoms with Crippen molar-refractivity contribution >= 4 is 17.3 Å². The summed E-state index contributed by atoms with van der Waals surface area (Å²) >= 11 is 0. The molecule has 2 rings (SSSR count). The number of nitrogens with one attached hydrogen (secondary N) is 1. The molecule has 0 aliphatic rings. The zero-order valence-electron chi connectivity index (χ0n) is 13.9. The first-order chi connectivity index (χ1) is 11.4. The molecule has 0 bridgehead atoms. The Bertz CT molecular complexity index is 758. The number of non-ortho nitro benzene ring substituents is 1. The Labute approximate surface area is 140 Å². The van der Waals surface area contributed by atoms with E-state index < -0.39 is 11.0 Å². The molecule has 0 spiro atoms. The highest BCUT2D eigenvalue weighted by Crippen LogP contribution is 2.22. The molecule has 2 aromatic carbocycles. The van der Waals surface area contributed by atoms with Gasteiger partial charge in [0, 0.05) is 17.8 Å². The van der Waals surface area contributed by atoms with Crippen molar-refractivity contribution < 1.29 is 14.5 Å². The van der Waals surface area contributed by atoms with Crippen LogP contribution in [0, 0.1) is 17.0 Å². The minimum Gasteiger partial charge on any atom is -0.481 e. The fourth-order valence-electron chi connectivity index (χ4n) is 2.23. The highest BCUT2D eigenvalue weighted by molar-refractivity contribution is 5.94. The van der Waals surface area contributed by atoms with Crippen molar-refractivity contribution in [3.8, 4) is 5.75 Å². The van der Waals surface area contributed by atoms with Crippen LogP contribution in [-0.4, -0.2) is 16.9 Å². The quantitative estimate of drug-likeness (QED) is 0.644. The molecule has 0 saturated heterocycles. The van der Waals surface area contributed by atoms with Crippen LogP contribution < -0.4 is 10.1 Å². The van der Waals surface area contributed by atoms with E-state index in [1.165, 1.54) is 18.2 Å². The summed E-state index contributed by atoms with van der Waals surface area (Å²) in [5.74, 6) is 0.325. The molecule has 6 nitrogen and oxygen atoms in total. The maximum Gasteiger partial charge on any atom is 0.269 e. The zero-order valence-corrected chi connectivity index (χ0v) is 13.9. The molecule has 6 heteroatoms. The third kappa shape index (κ3) is 4.32. The van der Waals surface area contributed by atoms with E-state index in [0.717, 1.165) is 12.0 Å². The lowest BCUT2D eigenvalue weighted by Crippen LogP contribution is -2.30. The number of nitro groups is 1. The average molecular weight is 328 g/mol. The van der Waals surface area contributed by atoms with Crippen LogP contribution in [-0.2, 0) is 11.2 Å². The Hall–Kier alpha value is -2.89. The number of aryl methyl sites for hydroxylation is 2. The molecule has 1 amide bonds. The van der Waals surface area contributed by atoms with E-state index in [-0.39, 0.29) is 11.6 Å². The largest absolute Gasteiger partial charge is 0.481 e. The van der Waals surface area contributed by atoms with Crippen molar-refractivity contribution in [1.82, 2.24) is 0 Å². The molecule has 0 aliphatic carbocycles. The van der Waals surface area contributed by atoms with Gasteiger partial charge in [-0.2, -0.15) is 0 Å². The Morgan fingerprint density at radius 1 is 1.29 bits per heavy atom. The summed E-state index contributed by atoms with van der Waals surface area (Å²) in [4.78, 5) is 22.6. The van der Waals surface area contributed by atoms with Crippen LogP contribution in [0.3, 0.4) is 0 Å². The topological polar surface area (TPSA) is 81.5 Å². The fourth-order valence-corrected chi connectivity index (χ4v) is 2.23. The first-order valence-corrected chi connectivity index (χ1v) is 7.72. The van der Waals surface area contributed by atoms with Crippen molar-refractivity contribution in [2.75, 3.05) is 5.32 Å². The van der Waals surface area contributed by atoms with Gasteiger partial charge in [-0.05, 0) is 49.6 Å². The van der Waals surface area contributed by atoms with Crippen LogP contribution in [0.5, 0.6) is 5.75 Å². The summed E-state index contributed by atoms with van der Waals surface area (Å²) in [6.45, 7) is 5.42. The Balaban J connectivity index is 2.04. The SMILES string of the molecule is CCc1cccc(OC(C)C(=O)Nc2ccc([N+](=O)[O-])cc2C)c1. The third-order valence-electron chi connectivity index (χ3n) is 3.67. The number of anilines is 1. The first-order valence-electron chi connectivity index (χ1n) is 7.72. The Kier molecular flexibility index (Phi) is 5.52. The minimum atomic E-state index is -0.688. The maximum atomic E-state index is 12.3. The summed E-state index contributed by atoms with van der Waals surface area (Å²) < 4.78 is 5.67. The molecule has 0 radical (unpaired) electrons. The molecular weight excluding hydrogens is 308 g/mol. The first kappa shape index (κ1) is 17.5. The van der Waals surface area contributed by atoms with E-state index in [4.69, 9.17) is 4.74 Å². The van der Waals surface area contributed by atoms with Crippen LogP contribution in [0.15, 0.2) is 42.5 Å². The van der Waals surface area contributed by atoms with Gasteiger partial charge in [-0.25, -0.2) is 0 Å². The second kappa shape index (κ2) is 7.59. The Morgan fingerprint density at radius 3 is 2.67 bits per heavy atom. The van der Waals surface area contributed by atoms with E-state index in [9.17, 15) is 14.9 Å². The van der Waals surface area contributed by atoms with E-state index in [1.54, 1.807) is 19.9 Å². The fraction of sp³-hybridized carbons (Fsp3) is 0.278. The number of nitrogens with zero attached hydrogens (tertiary/aromatic N) is 1. The van der Waals surface area contributed by atoms with Gasteiger partial charge in [0.2, 0.25) is 0 Å². The van der Waals surface area contributed by atoms with Crippen LogP contribution in [0.25, 0.3) is 0 Å². The summed E-state index contributed by atoms with van der Waals surface area (Å²) in [6, 6.07) is 11.9. The number of ether oxygens (including phenoxy) is 1. The van der Waals surface area contributed by atoms with Crippen molar-refractivity contribution in [2.24, 2.45) is 0 Å². The lowest BCUT2D eigenvalue weighted by atomic mass is 10.1. The third-order valence-corrected chi connectivity index (χ3v) is 3.67. The molecule has 1 unspecified atom stereocenters. The second-order valence-electron chi connectivity index (χ2n) is 5.51. The lowest BCUT2D eigenvalue weighted by molar-refractivity contribution is -0.384. The molecule has 0 aliphatic heterocycles. The summed E-state index contributed by atoms with van der Waals surface area (Å²) in [7, 11) is 0. The minimum absolute atomic E-state index is 0.00817. The number of rotatable bonds is 6. The van der Waals surface area contributed by atoms with Gasteiger partial charge in [0.15, 0.2) is 6.10 Å². The van der Waals surface area contributed by atoms with Gasteiger partial charge in [0.25, 0.3) is 11.6 Å². The van der Waals surface area contributed by atoms with E-state index in [0.29, 0.717) is 17.0 Å². The van der Waals surface area contributed by atoms with Crippen molar-refractivity contribution in [2.45, 2.75) is 33.3 Å². The number of carbonyl (C=O) groups excluding carboxylic acids is 1. The maximum absolute atomic E-state index is 12.3. The van der Waals surface area contributed by atoms with Gasteiger partial charge < -0.3 is 10.1 Å². The van der Waals surface area contributed by atoms with E-state index in [1.807, 2.05) is 25.1 Å². The van der Waals surface area contributed by atoms with E-state index in [2.05, 4.69) is 5.32 Å². The monoisotopic (exact) mass is 328 g/mol. The normalized spacial score (nSPS) is 11.6. The summed E-state index contributed by atoms with van der Waals surface area (Å²) in [5.41, 5.74) is 2.28. The van der Waals surface area contributed by atoms with Gasteiger partial charge in [0.1, 0.15) is 5.75 Å². The Morgan fingerprint density at radius 2 is 2.04 bits per heavy atom. The van der Waals surface area contributed by atoms with Crippen molar-refractivity contribution in [3.05, 3.63) is 63.7 Å². The highest BCUT2D eigenvalue weighted by atomic mass is 16.6. The van der Waals surface area contributed by atoms with Gasteiger partial charge >= 0.3 is 0 Å². The number of hydrogen-bond acceptors (Lipinski definition) is 4. The highest BCUT2D eigenvalue weighted by Gasteiger charge is 2.17. The van der Waals surface area contributed by atoms with Gasteiger partial charge in [-0.1, -0.05) is 19.1 Å². The smallest absolute Gasteiger partial charge is 0.269 e. The predicted octanol–water partition coefficient (Wildman–Crippen LogP) is 3.87. The van der Waals surface area contributed by atoms with Crippen LogP contribution in [0.4, 0.5) is 11.4 Å². The number of carbonyl (C=O) groups is 1. The van der Waals surface area contributed by atoms with Gasteiger partial charge in [-0.3, -0.25) is 14.9 Å². The average Bonchev–Trinajstić information content (AvgIpc) is 2.56. The van der Waals surface area contributed by atoms with Crippen LogP contribution >= 0.6 is 0 Å². The number of benzene rings is 2. The number of nitro benzene ring substituents is 1. The molecule has 24 heavy (non-hydrogen) atoms. The zero-order chi connectivity index (χ0) is 17.7. The van der Waals surface area contributed by atoms with E-state index >= 15 is 0 Å². The van der Waals surface area contributed by atoms with Crippen molar-refractivity contribution in [3.63, 3.8) is 0 Å². The number of hydrogen-bond donors (Lipinski definition) is 1. The molecule has 0 aromatic heterocycles. The summed E-state index contributed by atoms with van der Waals surface area (Å²) in [5, 5.41) is 13.5. The second-order valence-corrected chi connectivity index (χ2v) is 5.51. The van der Waals surface area contributed by atoms with Crippen LogP contribution in [0.1, 0.15) is 25.0 Å². The molecule has 0 heterocycles. The molecular formula is C18H20N2O4. The van der Waals surface area contributed by atoms with Crippen molar-refractivity contribution in [1.29, 1.82) is 0 Å². The molecule has 2 aromatic rings. The van der Waals surface area contributed by atoms with Gasteiger partial charge in [0.05, 0.1) is 4.92 Å². The lowest BCUT2D eigenvalue weighted by Gasteiger charge is -2.16. The molecule has 1 atom stereocenters. The molecule has 0 saturated carbocycles. The molecule has 126 valence electrons. The number of amides is 1. The molecule has 0 fully saturated rings. The molecule has 1 N–H and O–H groups in total. The van der Waals surface area contributed by atoms with Crippen LogP contribution in [0.2, 0.25) is 0 Å². The summed E-state index contributed by atoms with van der Waals surface area (Å²) in [6.07, 6.45) is 0.200. The van der Waals surface area contributed by atoms with Gasteiger partial charge in [-0.15, -0.1) is 0 Å². The standard InChI is InChI=1S/C18H20N2O4/c1-4-14-6-5-7-16(11-14)24-13(3)18(21)19-17-9-8-15(20(22)23)10-12(17)2/h5-11,13H,4H2,1-3H3,(H,19,21). The predicted molar refractivity (Wildman–Crippen MR) is 92.4 cm³/mol.